The summed E-state index contributed by atoms with van der Waals surface area (Å²) < 4.78 is 0. The first-order chi connectivity index (χ1) is 8.83. The molecular formula is C14H14N4. The van der Waals surface area contributed by atoms with Crippen molar-refractivity contribution in [3.63, 3.8) is 0 Å². The molecule has 0 radical (unpaired) electrons. The fourth-order valence-electron chi connectivity index (χ4n) is 1.88. The first-order valence-corrected chi connectivity index (χ1v) is 5.96. The van der Waals surface area contributed by atoms with E-state index in [-0.39, 0.29) is 6.17 Å². The molecule has 0 spiro atoms. The summed E-state index contributed by atoms with van der Waals surface area (Å²) in [5, 5.41) is 12.3. The Kier molecular flexibility index (Phi) is 2.68. The van der Waals surface area contributed by atoms with Crippen molar-refractivity contribution < 1.29 is 0 Å². The lowest BCUT2D eigenvalue weighted by Gasteiger charge is -2.13. The zero-order chi connectivity index (χ0) is 12.4. The van der Waals surface area contributed by atoms with Crippen LogP contribution in [0.3, 0.4) is 0 Å². The van der Waals surface area contributed by atoms with E-state index in [9.17, 15) is 0 Å². The number of fused-ring (bicyclic) bond motifs is 1. The van der Waals surface area contributed by atoms with Crippen LogP contribution >= 0.6 is 0 Å². The molecule has 1 aromatic heterocycles. The second-order valence-electron chi connectivity index (χ2n) is 4.20. The van der Waals surface area contributed by atoms with Crippen LogP contribution in [-0.2, 0) is 0 Å². The summed E-state index contributed by atoms with van der Waals surface area (Å²) in [5.41, 5.74) is 2.89. The van der Waals surface area contributed by atoms with Gasteiger partial charge in [0.1, 0.15) is 17.2 Å². The number of benzene rings is 2. The van der Waals surface area contributed by atoms with Gasteiger partial charge >= 0.3 is 0 Å². The van der Waals surface area contributed by atoms with Gasteiger partial charge in [-0.3, -0.25) is 0 Å². The van der Waals surface area contributed by atoms with Crippen LogP contribution in [0.1, 0.15) is 13.1 Å². The second kappa shape index (κ2) is 4.49. The molecule has 1 atom stereocenters. The monoisotopic (exact) mass is 238 g/mol. The number of nitrogens with zero attached hydrogens (tertiary/aromatic N) is 3. The van der Waals surface area contributed by atoms with Crippen LogP contribution in [0.5, 0.6) is 0 Å². The fourth-order valence-corrected chi connectivity index (χ4v) is 1.88. The van der Waals surface area contributed by atoms with Gasteiger partial charge in [-0.15, -0.1) is 0 Å². The summed E-state index contributed by atoms with van der Waals surface area (Å²) in [5.74, 6) is 0. The molecule has 0 saturated carbocycles. The zero-order valence-electron chi connectivity index (χ0n) is 10.1. The van der Waals surface area contributed by atoms with Gasteiger partial charge in [0.25, 0.3) is 0 Å². The number of hydrogen-bond donors (Lipinski definition) is 1. The lowest BCUT2D eigenvalue weighted by atomic mass is 10.3. The Morgan fingerprint density at radius 3 is 2.06 bits per heavy atom. The predicted molar refractivity (Wildman–Crippen MR) is 72.3 cm³/mol. The van der Waals surface area contributed by atoms with E-state index in [1.807, 2.05) is 61.5 Å². The Balaban J connectivity index is 1.86. The van der Waals surface area contributed by atoms with Gasteiger partial charge in [0, 0.05) is 5.69 Å². The molecule has 0 bridgehead atoms. The topological polar surface area (TPSA) is 42.7 Å². The lowest BCUT2D eigenvalue weighted by molar-refractivity contribution is 0.483. The van der Waals surface area contributed by atoms with Crippen molar-refractivity contribution in [3.05, 3.63) is 54.6 Å². The molecule has 4 heteroatoms. The molecule has 0 amide bonds. The minimum absolute atomic E-state index is 0.0137. The molecule has 2 aromatic carbocycles. The smallest absolute Gasteiger partial charge is 0.137 e. The van der Waals surface area contributed by atoms with Gasteiger partial charge in [-0.25, -0.2) is 0 Å². The molecule has 1 unspecified atom stereocenters. The molecule has 3 rings (SSSR count). The highest BCUT2D eigenvalue weighted by atomic mass is 15.5. The van der Waals surface area contributed by atoms with E-state index in [1.165, 1.54) is 0 Å². The zero-order valence-corrected chi connectivity index (χ0v) is 10.1. The van der Waals surface area contributed by atoms with Crippen molar-refractivity contribution in [2.75, 3.05) is 5.32 Å². The molecule has 3 aromatic rings. The molecule has 18 heavy (non-hydrogen) atoms. The second-order valence-corrected chi connectivity index (χ2v) is 4.20. The van der Waals surface area contributed by atoms with E-state index in [0.717, 1.165) is 16.7 Å². The van der Waals surface area contributed by atoms with Crippen LogP contribution < -0.4 is 5.32 Å². The van der Waals surface area contributed by atoms with E-state index >= 15 is 0 Å². The summed E-state index contributed by atoms with van der Waals surface area (Å²) in [7, 11) is 0. The SMILES string of the molecule is CC(Nc1ccccc1)n1nc2ccccc2n1. The third-order valence-corrected chi connectivity index (χ3v) is 2.80. The Labute approximate surface area is 105 Å². The fraction of sp³-hybridized carbons (Fsp3) is 0.143. The lowest BCUT2D eigenvalue weighted by Crippen LogP contribution is -2.17. The van der Waals surface area contributed by atoms with Crippen molar-refractivity contribution in [1.29, 1.82) is 0 Å². The molecule has 1 heterocycles. The Morgan fingerprint density at radius 2 is 1.44 bits per heavy atom. The van der Waals surface area contributed by atoms with Gasteiger partial charge in [-0.1, -0.05) is 30.3 Å². The Bertz CT molecular complexity index is 612. The van der Waals surface area contributed by atoms with E-state index in [2.05, 4.69) is 15.5 Å². The van der Waals surface area contributed by atoms with Gasteiger partial charge < -0.3 is 5.32 Å². The molecule has 0 fully saturated rings. The first kappa shape index (κ1) is 10.8. The van der Waals surface area contributed by atoms with Gasteiger partial charge in [0.15, 0.2) is 0 Å². The maximum absolute atomic E-state index is 4.45. The number of rotatable bonds is 3. The van der Waals surface area contributed by atoms with Crippen LogP contribution in [0.2, 0.25) is 0 Å². The van der Waals surface area contributed by atoms with Gasteiger partial charge in [0.05, 0.1) is 0 Å². The Hall–Kier alpha value is -2.36. The van der Waals surface area contributed by atoms with Crippen molar-refractivity contribution in [1.82, 2.24) is 15.0 Å². The number of aromatic nitrogens is 3. The van der Waals surface area contributed by atoms with E-state index in [1.54, 1.807) is 4.80 Å². The summed E-state index contributed by atoms with van der Waals surface area (Å²) in [6.07, 6.45) is 0.0137. The minimum atomic E-state index is 0.0137. The number of nitrogens with one attached hydrogen (secondary N) is 1. The highest BCUT2D eigenvalue weighted by molar-refractivity contribution is 5.73. The van der Waals surface area contributed by atoms with Crippen molar-refractivity contribution in [3.8, 4) is 0 Å². The van der Waals surface area contributed by atoms with Crippen LogP contribution in [-0.4, -0.2) is 15.0 Å². The molecule has 0 aliphatic carbocycles. The summed E-state index contributed by atoms with van der Waals surface area (Å²) in [6, 6.07) is 17.9. The molecule has 0 aliphatic rings. The molecular weight excluding hydrogens is 224 g/mol. The molecule has 4 nitrogen and oxygen atoms in total. The third kappa shape index (κ3) is 2.05. The highest BCUT2D eigenvalue weighted by Crippen LogP contribution is 2.14. The van der Waals surface area contributed by atoms with E-state index in [4.69, 9.17) is 0 Å². The van der Waals surface area contributed by atoms with E-state index < -0.39 is 0 Å². The average Bonchev–Trinajstić information content (AvgIpc) is 2.84. The maximum Gasteiger partial charge on any atom is 0.137 e. The Morgan fingerprint density at radius 1 is 0.889 bits per heavy atom. The number of para-hydroxylation sites is 1. The average molecular weight is 238 g/mol. The molecule has 0 saturated heterocycles. The number of anilines is 1. The molecule has 1 N–H and O–H groups in total. The van der Waals surface area contributed by atoms with Gasteiger partial charge in [-0.05, 0) is 31.2 Å². The van der Waals surface area contributed by atoms with Crippen molar-refractivity contribution >= 4 is 16.7 Å². The summed E-state index contributed by atoms with van der Waals surface area (Å²) >= 11 is 0. The number of hydrogen-bond acceptors (Lipinski definition) is 3. The standard InChI is InChI=1S/C14H14N4/c1-11(15-12-7-3-2-4-8-12)18-16-13-9-5-6-10-14(13)17-18/h2-11,15H,1H3. The summed E-state index contributed by atoms with van der Waals surface area (Å²) in [4.78, 5) is 1.71. The molecule has 90 valence electrons. The predicted octanol–water partition coefficient (Wildman–Crippen LogP) is 3.06. The first-order valence-electron chi connectivity index (χ1n) is 5.96. The third-order valence-electron chi connectivity index (χ3n) is 2.80. The normalized spacial score (nSPS) is 12.5. The van der Waals surface area contributed by atoms with Crippen LogP contribution in [0, 0.1) is 0 Å². The van der Waals surface area contributed by atoms with Crippen LogP contribution in [0.15, 0.2) is 54.6 Å². The van der Waals surface area contributed by atoms with Crippen molar-refractivity contribution in [2.45, 2.75) is 13.1 Å². The minimum Gasteiger partial charge on any atom is -0.363 e. The highest BCUT2D eigenvalue weighted by Gasteiger charge is 2.08. The molecule has 0 aliphatic heterocycles. The van der Waals surface area contributed by atoms with Crippen molar-refractivity contribution in [2.24, 2.45) is 0 Å². The van der Waals surface area contributed by atoms with E-state index in [0.29, 0.717) is 0 Å². The maximum atomic E-state index is 4.45. The van der Waals surface area contributed by atoms with Crippen LogP contribution in [0.4, 0.5) is 5.69 Å². The summed E-state index contributed by atoms with van der Waals surface area (Å²) in [6.45, 7) is 2.03. The largest absolute Gasteiger partial charge is 0.363 e. The quantitative estimate of drug-likeness (QED) is 0.762. The van der Waals surface area contributed by atoms with Gasteiger partial charge in [0.2, 0.25) is 0 Å². The van der Waals surface area contributed by atoms with Crippen LogP contribution in [0.25, 0.3) is 11.0 Å². The van der Waals surface area contributed by atoms with Gasteiger partial charge in [-0.2, -0.15) is 15.0 Å².